The Labute approximate surface area is 162 Å². The summed E-state index contributed by atoms with van der Waals surface area (Å²) in [5.41, 5.74) is 3.94. The van der Waals surface area contributed by atoms with Crippen LogP contribution in [0.15, 0.2) is 73.1 Å². The Morgan fingerprint density at radius 2 is 1.96 bits per heavy atom. The van der Waals surface area contributed by atoms with Gasteiger partial charge in [-0.15, -0.1) is 0 Å². The molecule has 2 aromatic heterocycles. The van der Waals surface area contributed by atoms with Crippen LogP contribution in [0.5, 0.6) is 5.75 Å². The summed E-state index contributed by atoms with van der Waals surface area (Å²) in [6.45, 7) is 0.551. The summed E-state index contributed by atoms with van der Waals surface area (Å²) in [5.74, 6) is 0.578. The normalized spacial score (nSPS) is 10.8. The highest BCUT2D eigenvalue weighted by Gasteiger charge is 2.16. The summed E-state index contributed by atoms with van der Waals surface area (Å²) in [6, 6.07) is 19.6. The fraction of sp³-hybridized carbons (Fsp3) is 0.136. The Hall–Kier alpha value is -3.67. The van der Waals surface area contributed by atoms with Crippen LogP contribution >= 0.6 is 0 Å². The summed E-state index contributed by atoms with van der Waals surface area (Å²) in [4.78, 5) is 17.0. The Morgan fingerprint density at radius 3 is 2.79 bits per heavy atom. The van der Waals surface area contributed by atoms with Gasteiger partial charge in [-0.3, -0.25) is 4.79 Å². The lowest BCUT2D eigenvalue weighted by molar-refractivity contribution is 0.0955. The van der Waals surface area contributed by atoms with Gasteiger partial charge in [-0.25, -0.2) is 9.50 Å². The highest BCUT2D eigenvalue weighted by Crippen LogP contribution is 2.24. The van der Waals surface area contributed by atoms with Crippen molar-refractivity contribution in [3.8, 4) is 17.0 Å². The molecule has 0 aliphatic heterocycles. The van der Waals surface area contributed by atoms with E-state index in [1.165, 1.54) is 5.56 Å². The standard InChI is InChI=1S/C22H20N4O2/c1-28-18-9-5-8-17(14-18)20-11-13-23-21-19(15-25-26(20)21)22(27)24-12-10-16-6-3-2-4-7-16/h2-9,11,13-15H,10,12H2,1H3,(H,24,27). The second-order valence-corrected chi connectivity index (χ2v) is 6.35. The minimum Gasteiger partial charge on any atom is -0.497 e. The molecule has 0 spiro atoms. The number of benzene rings is 2. The molecule has 0 saturated carbocycles. The molecule has 0 atom stereocenters. The summed E-state index contributed by atoms with van der Waals surface area (Å²) in [5, 5.41) is 7.34. The molecule has 0 bridgehead atoms. The predicted octanol–water partition coefficient (Wildman–Crippen LogP) is 3.38. The van der Waals surface area contributed by atoms with Crippen molar-refractivity contribution in [2.75, 3.05) is 13.7 Å². The first-order valence-corrected chi connectivity index (χ1v) is 9.05. The number of rotatable bonds is 6. The first-order valence-electron chi connectivity index (χ1n) is 9.05. The van der Waals surface area contributed by atoms with Gasteiger partial charge in [0.1, 0.15) is 11.3 Å². The number of methoxy groups -OCH3 is 1. The number of hydrogen-bond acceptors (Lipinski definition) is 4. The van der Waals surface area contributed by atoms with E-state index in [1.807, 2.05) is 60.7 Å². The van der Waals surface area contributed by atoms with Crippen molar-refractivity contribution < 1.29 is 9.53 Å². The number of aromatic nitrogens is 3. The van der Waals surface area contributed by atoms with E-state index >= 15 is 0 Å². The van der Waals surface area contributed by atoms with E-state index in [0.717, 1.165) is 23.4 Å². The molecule has 4 aromatic rings. The van der Waals surface area contributed by atoms with Gasteiger partial charge in [0.05, 0.1) is 19.0 Å². The molecule has 0 aliphatic carbocycles. The number of ether oxygens (including phenoxy) is 1. The smallest absolute Gasteiger partial charge is 0.256 e. The van der Waals surface area contributed by atoms with E-state index in [0.29, 0.717) is 17.8 Å². The van der Waals surface area contributed by atoms with Crippen LogP contribution in [0, 0.1) is 0 Å². The number of carbonyl (C=O) groups excluding carboxylic acids is 1. The van der Waals surface area contributed by atoms with Gasteiger partial charge in [0, 0.05) is 18.3 Å². The second kappa shape index (κ2) is 7.92. The van der Waals surface area contributed by atoms with Gasteiger partial charge >= 0.3 is 0 Å². The molecule has 0 unspecified atom stereocenters. The average Bonchev–Trinajstić information content (AvgIpc) is 3.19. The monoisotopic (exact) mass is 372 g/mol. The zero-order valence-electron chi connectivity index (χ0n) is 15.5. The summed E-state index contributed by atoms with van der Waals surface area (Å²) >= 11 is 0. The average molecular weight is 372 g/mol. The Morgan fingerprint density at radius 1 is 1.11 bits per heavy atom. The third kappa shape index (κ3) is 3.57. The molecule has 28 heavy (non-hydrogen) atoms. The Balaban J connectivity index is 1.56. The number of amides is 1. The fourth-order valence-corrected chi connectivity index (χ4v) is 3.11. The van der Waals surface area contributed by atoms with Crippen LogP contribution in [0.1, 0.15) is 15.9 Å². The third-order valence-electron chi connectivity index (χ3n) is 4.55. The van der Waals surface area contributed by atoms with Crippen molar-refractivity contribution in [2.45, 2.75) is 6.42 Å². The number of fused-ring (bicyclic) bond motifs is 1. The molecule has 4 rings (SSSR count). The molecular weight excluding hydrogens is 352 g/mol. The quantitative estimate of drug-likeness (QED) is 0.563. The predicted molar refractivity (Wildman–Crippen MR) is 107 cm³/mol. The van der Waals surface area contributed by atoms with Crippen LogP contribution in [0.4, 0.5) is 0 Å². The van der Waals surface area contributed by atoms with Crippen LogP contribution in [-0.4, -0.2) is 34.2 Å². The van der Waals surface area contributed by atoms with E-state index in [9.17, 15) is 4.79 Å². The lowest BCUT2D eigenvalue weighted by atomic mass is 10.1. The highest BCUT2D eigenvalue weighted by molar-refractivity contribution is 5.99. The van der Waals surface area contributed by atoms with Crippen molar-refractivity contribution in [1.82, 2.24) is 19.9 Å². The molecule has 6 heteroatoms. The maximum absolute atomic E-state index is 12.6. The topological polar surface area (TPSA) is 68.5 Å². The van der Waals surface area contributed by atoms with Crippen LogP contribution in [0.3, 0.4) is 0 Å². The molecule has 0 fully saturated rings. The van der Waals surface area contributed by atoms with Crippen molar-refractivity contribution in [3.63, 3.8) is 0 Å². The molecule has 2 aromatic carbocycles. The van der Waals surface area contributed by atoms with Gasteiger partial charge in [-0.05, 0) is 30.2 Å². The number of nitrogens with one attached hydrogen (secondary N) is 1. The van der Waals surface area contributed by atoms with Crippen LogP contribution in [0.25, 0.3) is 16.9 Å². The van der Waals surface area contributed by atoms with Gasteiger partial charge in [0.15, 0.2) is 5.65 Å². The van der Waals surface area contributed by atoms with Crippen molar-refractivity contribution >= 4 is 11.6 Å². The van der Waals surface area contributed by atoms with Gasteiger partial charge in [-0.2, -0.15) is 5.10 Å². The van der Waals surface area contributed by atoms with Crippen LogP contribution in [-0.2, 0) is 6.42 Å². The zero-order valence-corrected chi connectivity index (χ0v) is 15.5. The Bertz CT molecular complexity index is 1110. The van der Waals surface area contributed by atoms with Crippen molar-refractivity contribution in [1.29, 1.82) is 0 Å². The summed E-state index contributed by atoms with van der Waals surface area (Å²) in [6.07, 6.45) is 4.02. The molecule has 0 saturated heterocycles. The maximum Gasteiger partial charge on any atom is 0.256 e. The first kappa shape index (κ1) is 17.7. The van der Waals surface area contributed by atoms with Crippen LogP contribution in [0.2, 0.25) is 0 Å². The SMILES string of the molecule is COc1cccc(-c2ccnc3c(C(=O)NCCc4ccccc4)cnn23)c1. The second-order valence-electron chi connectivity index (χ2n) is 6.35. The number of carbonyl (C=O) groups is 1. The van der Waals surface area contributed by atoms with Gasteiger partial charge in [-0.1, -0.05) is 42.5 Å². The molecule has 0 radical (unpaired) electrons. The molecular formula is C22H20N4O2. The zero-order chi connectivity index (χ0) is 19.3. The van der Waals surface area contributed by atoms with E-state index in [1.54, 1.807) is 24.0 Å². The lowest BCUT2D eigenvalue weighted by Crippen LogP contribution is -2.25. The summed E-state index contributed by atoms with van der Waals surface area (Å²) < 4.78 is 6.98. The molecule has 0 aliphatic rings. The summed E-state index contributed by atoms with van der Waals surface area (Å²) in [7, 11) is 1.63. The largest absolute Gasteiger partial charge is 0.497 e. The number of hydrogen-bond donors (Lipinski definition) is 1. The highest BCUT2D eigenvalue weighted by atomic mass is 16.5. The van der Waals surface area contributed by atoms with Crippen molar-refractivity contribution in [3.05, 3.63) is 84.2 Å². The molecule has 2 heterocycles. The molecule has 1 N–H and O–H groups in total. The van der Waals surface area contributed by atoms with Gasteiger partial charge in [0.2, 0.25) is 0 Å². The fourth-order valence-electron chi connectivity index (χ4n) is 3.11. The van der Waals surface area contributed by atoms with Gasteiger partial charge < -0.3 is 10.1 Å². The molecule has 1 amide bonds. The third-order valence-corrected chi connectivity index (χ3v) is 4.55. The van der Waals surface area contributed by atoms with E-state index in [4.69, 9.17) is 4.74 Å². The lowest BCUT2D eigenvalue weighted by Gasteiger charge is -2.07. The minimum absolute atomic E-state index is 0.179. The number of nitrogens with zero attached hydrogens (tertiary/aromatic N) is 3. The first-order chi connectivity index (χ1) is 13.8. The maximum atomic E-state index is 12.6. The van der Waals surface area contributed by atoms with Crippen LogP contribution < -0.4 is 10.1 Å². The van der Waals surface area contributed by atoms with E-state index in [2.05, 4.69) is 15.4 Å². The van der Waals surface area contributed by atoms with E-state index < -0.39 is 0 Å². The molecule has 140 valence electrons. The van der Waals surface area contributed by atoms with E-state index in [-0.39, 0.29) is 5.91 Å². The Kier molecular flexibility index (Phi) is 5.01. The van der Waals surface area contributed by atoms with Gasteiger partial charge in [0.25, 0.3) is 5.91 Å². The minimum atomic E-state index is -0.179. The van der Waals surface area contributed by atoms with Crippen molar-refractivity contribution in [2.24, 2.45) is 0 Å². The molecule has 6 nitrogen and oxygen atoms in total.